The Hall–Kier alpha value is -2.77. The van der Waals surface area contributed by atoms with Crippen molar-refractivity contribution >= 4 is 17.7 Å². The van der Waals surface area contributed by atoms with E-state index in [1.807, 2.05) is 0 Å². The highest BCUT2D eigenvalue weighted by Gasteiger charge is 2.17. The van der Waals surface area contributed by atoms with E-state index in [9.17, 15) is 4.79 Å². The minimum Gasteiger partial charge on any atom is -0.444 e. The van der Waals surface area contributed by atoms with Crippen molar-refractivity contribution in [3.05, 3.63) is 24.9 Å². The number of anilines is 2. The third kappa shape index (κ3) is 4.10. The van der Waals surface area contributed by atoms with E-state index < -0.39 is 11.7 Å². The topological polar surface area (TPSA) is 116 Å². The van der Waals surface area contributed by atoms with Crippen LogP contribution < -0.4 is 11.1 Å². The van der Waals surface area contributed by atoms with Crippen LogP contribution in [-0.2, 0) is 4.74 Å². The van der Waals surface area contributed by atoms with Gasteiger partial charge in [-0.2, -0.15) is 0 Å². The zero-order valence-electron chi connectivity index (χ0n) is 12.0. The van der Waals surface area contributed by atoms with E-state index in [0.717, 1.165) is 0 Å². The summed E-state index contributed by atoms with van der Waals surface area (Å²) in [4.78, 5) is 27.5. The number of carbonyl (C=O) groups excluding carboxylic acids is 1. The highest BCUT2D eigenvalue weighted by Crippen LogP contribution is 2.22. The van der Waals surface area contributed by atoms with Crippen LogP contribution in [0.2, 0.25) is 0 Å². The number of aromatic nitrogens is 4. The molecule has 21 heavy (non-hydrogen) atoms. The van der Waals surface area contributed by atoms with Crippen LogP contribution >= 0.6 is 0 Å². The molecule has 0 fully saturated rings. The Morgan fingerprint density at radius 1 is 1.24 bits per heavy atom. The maximum Gasteiger partial charge on any atom is 0.413 e. The first-order valence-corrected chi connectivity index (χ1v) is 6.23. The molecule has 0 saturated heterocycles. The molecule has 0 bridgehead atoms. The van der Waals surface area contributed by atoms with E-state index >= 15 is 0 Å². The lowest BCUT2D eigenvalue weighted by Gasteiger charge is -2.19. The molecule has 0 unspecified atom stereocenters. The average Bonchev–Trinajstić information content (AvgIpc) is 2.37. The maximum atomic E-state index is 11.7. The first-order valence-electron chi connectivity index (χ1n) is 6.23. The van der Waals surface area contributed by atoms with Gasteiger partial charge in [-0.25, -0.2) is 24.7 Å². The second-order valence-electron chi connectivity index (χ2n) is 5.24. The molecule has 8 nitrogen and oxygen atoms in total. The standard InChI is InChI=1S/C13H16N6O2/c1-13(2,3)21-12(20)19-10-4-9(16-7-17-10)8-5-15-6-18-11(8)14/h4-7H,1-3H3,(H2,14,15,18)(H,16,17,19,20). The van der Waals surface area contributed by atoms with Gasteiger partial charge in [0.25, 0.3) is 0 Å². The van der Waals surface area contributed by atoms with Gasteiger partial charge in [0, 0.05) is 12.3 Å². The van der Waals surface area contributed by atoms with Crippen LogP contribution in [0.5, 0.6) is 0 Å². The lowest BCUT2D eigenvalue weighted by molar-refractivity contribution is 0.0635. The van der Waals surface area contributed by atoms with Crippen molar-refractivity contribution in [3.8, 4) is 11.3 Å². The van der Waals surface area contributed by atoms with E-state index in [4.69, 9.17) is 10.5 Å². The molecule has 2 rings (SSSR count). The van der Waals surface area contributed by atoms with Crippen LogP contribution in [-0.4, -0.2) is 31.6 Å². The molecule has 0 aliphatic rings. The summed E-state index contributed by atoms with van der Waals surface area (Å²) in [5, 5.41) is 2.53. The van der Waals surface area contributed by atoms with Gasteiger partial charge in [-0.3, -0.25) is 5.32 Å². The fourth-order valence-corrected chi connectivity index (χ4v) is 1.52. The minimum atomic E-state index is -0.593. The largest absolute Gasteiger partial charge is 0.444 e. The molecule has 8 heteroatoms. The van der Waals surface area contributed by atoms with E-state index in [1.165, 1.54) is 12.7 Å². The Labute approximate surface area is 121 Å². The van der Waals surface area contributed by atoms with Gasteiger partial charge in [-0.05, 0) is 20.8 Å². The normalized spacial score (nSPS) is 11.0. The smallest absolute Gasteiger partial charge is 0.413 e. The third-order valence-corrected chi connectivity index (χ3v) is 2.32. The fourth-order valence-electron chi connectivity index (χ4n) is 1.52. The highest BCUT2D eigenvalue weighted by molar-refractivity contribution is 5.84. The summed E-state index contributed by atoms with van der Waals surface area (Å²) >= 11 is 0. The summed E-state index contributed by atoms with van der Waals surface area (Å²) in [6, 6.07) is 1.57. The molecule has 2 aromatic rings. The van der Waals surface area contributed by atoms with Crippen molar-refractivity contribution in [2.24, 2.45) is 0 Å². The molecule has 0 spiro atoms. The van der Waals surface area contributed by atoms with Gasteiger partial charge in [-0.15, -0.1) is 0 Å². The van der Waals surface area contributed by atoms with Crippen molar-refractivity contribution < 1.29 is 9.53 Å². The Morgan fingerprint density at radius 3 is 2.67 bits per heavy atom. The monoisotopic (exact) mass is 288 g/mol. The molecule has 0 radical (unpaired) electrons. The summed E-state index contributed by atoms with van der Waals surface area (Å²) in [7, 11) is 0. The molecular weight excluding hydrogens is 272 g/mol. The van der Waals surface area contributed by atoms with Crippen molar-refractivity contribution in [3.63, 3.8) is 0 Å². The maximum absolute atomic E-state index is 11.7. The molecule has 2 aromatic heterocycles. The molecule has 0 saturated carbocycles. The Balaban J connectivity index is 2.19. The lowest BCUT2D eigenvalue weighted by Crippen LogP contribution is -2.27. The summed E-state index contributed by atoms with van der Waals surface area (Å²) in [6.45, 7) is 5.33. The Kier molecular flexibility index (Phi) is 3.97. The van der Waals surface area contributed by atoms with Crippen LogP contribution in [0, 0.1) is 0 Å². The van der Waals surface area contributed by atoms with Crippen molar-refractivity contribution in [1.82, 2.24) is 19.9 Å². The first kappa shape index (κ1) is 14.6. The fraction of sp³-hybridized carbons (Fsp3) is 0.308. The second-order valence-corrected chi connectivity index (χ2v) is 5.24. The number of amides is 1. The van der Waals surface area contributed by atoms with Gasteiger partial charge in [-0.1, -0.05) is 0 Å². The molecule has 0 aliphatic carbocycles. The molecule has 2 heterocycles. The summed E-state index contributed by atoms with van der Waals surface area (Å²) in [6.07, 6.45) is 3.61. The molecule has 1 amide bonds. The molecule has 3 N–H and O–H groups in total. The molecule has 0 aliphatic heterocycles. The van der Waals surface area contributed by atoms with Gasteiger partial charge in [0.2, 0.25) is 0 Å². The molecule has 0 aromatic carbocycles. The molecule has 0 atom stereocenters. The molecule has 110 valence electrons. The van der Waals surface area contributed by atoms with E-state index in [1.54, 1.807) is 33.0 Å². The number of nitrogens with zero attached hydrogens (tertiary/aromatic N) is 4. The quantitative estimate of drug-likeness (QED) is 0.866. The van der Waals surface area contributed by atoms with Crippen LogP contribution in [0.3, 0.4) is 0 Å². The SMILES string of the molecule is CC(C)(C)OC(=O)Nc1cc(-c2cncnc2N)ncn1. The van der Waals surface area contributed by atoms with E-state index in [2.05, 4.69) is 25.3 Å². The predicted molar refractivity (Wildman–Crippen MR) is 77.3 cm³/mol. The predicted octanol–water partition coefficient (Wildman–Crippen LogP) is 1.86. The number of nitrogen functional groups attached to an aromatic ring is 1. The van der Waals surface area contributed by atoms with E-state index in [-0.39, 0.29) is 0 Å². The Bertz CT molecular complexity index is 653. The van der Waals surface area contributed by atoms with Gasteiger partial charge in [0.05, 0.1) is 11.3 Å². The van der Waals surface area contributed by atoms with Crippen molar-refractivity contribution in [1.29, 1.82) is 0 Å². The van der Waals surface area contributed by atoms with Crippen LogP contribution in [0.1, 0.15) is 20.8 Å². The minimum absolute atomic E-state index is 0.298. The summed E-state index contributed by atoms with van der Waals surface area (Å²) in [5.41, 5.74) is 6.25. The Morgan fingerprint density at radius 2 is 2.00 bits per heavy atom. The number of hydrogen-bond donors (Lipinski definition) is 2. The van der Waals surface area contributed by atoms with Gasteiger partial charge >= 0.3 is 6.09 Å². The van der Waals surface area contributed by atoms with Crippen molar-refractivity contribution in [2.45, 2.75) is 26.4 Å². The third-order valence-electron chi connectivity index (χ3n) is 2.32. The van der Waals surface area contributed by atoms with Gasteiger partial charge < -0.3 is 10.5 Å². The average molecular weight is 288 g/mol. The number of nitrogens with one attached hydrogen (secondary N) is 1. The van der Waals surface area contributed by atoms with E-state index in [0.29, 0.717) is 22.9 Å². The molecular formula is C13H16N6O2. The first-order chi connectivity index (χ1) is 9.85. The zero-order chi connectivity index (χ0) is 15.5. The van der Waals surface area contributed by atoms with Crippen LogP contribution in [0.25, 0.3) is 11.3 Å². The number of hydrogen-bond acceptors (Lipinski definition) is 7. The van der Waals surface area contributed by atoms with Crippen molar-refractivity contribution in [2.75, 3.05) is 11.1 Å². The number of rotatable bonds is 2. The summed E-state index contributed by atoms with van der Waals surface area (Å²) < 4.78 is 5.15. The number of ether oxygens (including phenoxy) is 1. The summed E-state index contributed by atoms with van der Waals surface area (Å²) in [5.74, 6) is 0.601. The van der Waals surface area contributed by atoms with Gasteiger partial charge in [0.1, 0.15) is 29.9 Å². The van der Waals surface area contributed by atoms with Gasteiger partial charge in [0.15, 0.2) is 0 Å². The number of nitrogens with two attached hydrogens (primary N) is 1. The second kappa shape index (κ2) is 5.70. The zero-order valence-corrected chi connectivity index (χ0v) is 12.0. The van der Waals surface area contributed by atoms with Crippen LogP contribution in [0.15, 0.2) is 24.9 Å². The lowest BCUT2D eigenvalue weighted by atomic mass is 10.2. The van der Waals surface area contributed by atoms with Crippen LogP contribution in [0.4, 0.5) is 16.4 Å². The highest BCUT2D eigenvalue weighted by atomic mass is 16.6. The number of carbonyl (C=O) groups is 1.